The smallest absolute Gasteiger partial charge is 0.308 e. The number of carboxylic acid groups (broad SMARTS) is 1. The van der Waals surface area contributed by atoms with Crippen molar-refractivity contribution in [2.24, 2.45) is 5.92 Å². The topological polar surface area (TPSA) is 95.0 Å². The number of aliphatic carboxylic acids is 1. The van der Waals surface area contributed by atoms with Crippen LogP contribution in [-0.2, 0) is 14.8 Å². The fourth-order valence-electron chi connectivity index (χ4n) is 2.48. The number of carbonyl (C=O) groups is 2. The summed E-state index contributed by atoms with van der Waals surface area (Å²) in [5.41, 5.74) is 0.895. The van der Waals surface area contributed by atoms with Gasteiger partial charge in [0, 0.05) is 32.2 Å². The van der Waals surface area contributed by atoms with Crippen LogP contribution in [0.2, 0.25) is 0 Å². The highest BCUT2D eigenvalue weighted by Gasteiger charge is 2.25. The van der Waals surface area contributed by atoms with E-state index in [-0.39, 0.29) is 17.0 Å². The molecule has 0 spiro atoms. The van der Waals surface area contributed by atoms with E-state index < -0.39 is 27.8 Å². The lowest BCUT2D eigenvalue weighted by Crippen LogP contribution is -2.34. The van der Waals surface area contributed by atoms with Crippen molar-refractivity contribution in [3.05, 3.63) is 29.3 Å². The third kappa shape index (κ3) is 4.79. The minimum atomic E-state index is -3.67. The van der Waals surface area contributed by atoms with E-state index in [1.54, 1.807) is 26.8 Å². The van der Waals surface area contributed by atoms with Crippen LogP contribution in [0.5, 0.6) is 0 Å². The monoisotopic (exact) mass is 370 g/mol. The SMILES string of the molecule is CCN(CC)S(=O)(=O)c1ccc(C)c(C(=O)N(C)CC(C)C(=O)O)c1. The quantitative estimate of drug-likeness (QED) is 0.753. The first-order valence-corrected chi connectivity index (χ1v) is 9.59. The number of nitrogens with zero attached hydrogens (tertiary/aromatic N) is 2. The molecule has 0 fully saturated rings. The summed E-state index contributed by atoms with van der Waals surface area (Å²) in [6.45, 7) is 7.46. The molecule has 0 aromatic heterocycles. The predicted molar refractivity (Wildman–Crippen MR) is 95.0 cm³/mol. The molecular formula is C17H26N2O5S. The van der Waals surface area contributed by atoms with Gasteiger partial charge in [-0.15, -0.1) is 0 Å². The number of carboxylic acids is 1. The Labute approximate surface area is 149 Å². The lowest BCUT2D eigenvalue weighted by atomic mass is 10.1. The first kappa shape index (κ1) is 21.1. The molecular weight excluding hydrogens is 344 g/mol. The standard InChI is InChI=1S/C17H26N2O5S/c1-6-19(7-2)25(23,24)14-9-8-12(3)15(10-14)16(20)18(5)11-13(4)17(21)22/h8-10,13H,6-7,11H2,1-5H3,(H,21,22). The number of carbonyl (C=O) groups excluding carboxylic acids is 1. The van der Waals surface area contributed by atoms with Crippen molar-refractivity contribution in [2.75, 3.05) is 26.7 Å². The van der Waals surface area contributed by atoms with E-state index in [9.17, 15) is 18.0 Å². The second-order valence-electron chi connectivity index (χ2n) is 5.99. The molecule has 0 radical (unpaired) electrons. The van der Waals surface area contributed by atoms with Crippen LogP contribution in [-0.4, -0.2) is 61.3 Å². The molecule has 0 aliphatic rings. The Morgan fingerprint density at radius 1 is 1.20 bits per heavy atom. The molecule has 8 heteroatoms. The molecule has 0 heterocycles. The van der Waals surface area contributed by atoms with Crippen LogP contribution in [0.1, 0.15) is 36.7 Å². The zero-order valence-electron chi connectivity index (χ0n) is 15.3. The average Bonchev–Trinajstić information content (AvgIpc) is 2.55. The zero-order valence-corrected chi connectivity index (χ0v) is 16.1. The van der Waals surface area contributed by atoms with Gasteiger partial charge in [-0.05, 0) is 24.6 Å². The van der Waals surface area contributed by atoms with Crippen LogP contribution in [0.3, 0.4) is 0 Å². The van der Waals surface area contributed by atoms with Gasteiger partial charge in [-0.3, -0.25) is 9.59 Å². The van der Waals surface area contributed by atoms with Gasteiger partial charge < -0.3 is 10.0 Å². The Morgan fingerprint density at radius 3 is 2.24 bits per heavy atom. The summed E-state index contributed by atoms with van der Waals surface area (Å²) < 4.78 is 26.6. The predicted octanol–water partition coefficient (Wildman–Crippen LogP) is 1.82. The Bertz CT molecular complexity index is 741. The number of amides is 1. The maximum Gasteiger partial charge on any atom is 0.308 e. The molecule has 0 aliphatic carbocycles. The molecule has 0 saturated heterocycles. The molecule has 1 N–H and O–H groups in total. The molecule has 1 amide bonds. The van der Waals surface area contributed by atoms with Crippen LogP contribution < -0.4 is 0 Å². The van der Waals surface area contributed by atoms with E-state index >= 15 is 0 Å². The molecule has 1 unspecified atom stereocenters. The number of hydrogen-bond donors (Lipinski definition) is 1. The maximum absolute atomic E-state index is 12.6. The third-order valence-corrected chi connectivity index (χ3v) is 6.14. The lowest BCUT2D eigenvalue weighted by molar-refractivity contribution is -0.141. The van der Waals surface area contributed by atoms with Crippen molar-refractivity contribution >= 4 is 21.9 Å². The van der Waals surface area contributed by atoms with E-state index in [4.69, 9.17) is 5.11 Å². The third-order valence-electron chi connectivity index (χ3n) is 4.10. The molecule has 1 aromatic carbocycles. The Hall–Kier alpha value is -1.93. The van der Waals surface area contributed by atoms with E-state index in [1.807, 2.05) is 0 Å². The normalized spacial score (nSPS) is 12.9. The van der Waals surface area contributed by atoms with E-state index in [2.05, 4.69) is 0 Å². The van der Waals surface area contributed by atoms with Gasteiger partial charge in [-0.1, -0.05) is 26.8 Å². The van der Waals surface area contributed by atoms with E-state index in [0.717, 1.165) is 0 Å². The minimum Gasteiger partial charge on any atom is -0.481 e. The molecule has 0 aliphatic heterocycles. The van der Waals surface area contributed by atoms with Crippen LogP contribution in [0.25, 0.3) is 0 Å². The van der Waals surface area contributed by atoms with Gasteiger partial charge >= 0.3 is 5.97 Å². The van der Waals surface area contributed by atoms with Gasteiger partial charge in [0.05, 0.1) is 10.8 Å². The molecule has 25 heavy (non-hydrogen) atoms. The first-order valence-electron chi connectivity index (χ1n) is 8.15. The van der Waals surface area contributed by atoms with E-state index in [1.165, 1.54) is 35.3 Å². The van der Waals surface area contributed by atoms with Gasteiger partial charge in [0.15, 0.2) is 0 Å². The highest BCUT2D eigenvalue weighted by Crippen LogP contribution is 2.21. The Balaban J connectivity index is 3.21. The molecule has 1 rings (SSSR count). The summed E-state index contributed by atoms with van der Waals surface area (Å²) in [6, 6.07) is 4.45. The van der Waals surface area contributed by atoms with Crippen LogP contribution in [0, 0.1) is 12.8 Å². The average molecular weight is 370 g/mol. The van der Waals surface area contributed by atoms with Crippen LogP contribution >= 0.6 is 0 Å². The summed E-state index contributed by atoms with van der Waals surface area (Å²) in [5, 5.41) is 8.98. The van der Waals surface area contributed by atoms with Crippen LogP contribution in [0.4, 0.5) is 0 Å². The minimum absolute atomic E-state index is 0.0423. The van der Waals surface area contributed by atoms with Gasteiger partial charge in [0.2, 0.25) is 10.0 Å². The zero-order chi connectivity index (χ0) is 19.4. The molecule has 0 bridgehead atoms. The second-order valence-corrected chi connectivity index (χ2v) is 7.93. The largest absolute Gasteiger partial charge is 0.481 e. The van der Waals surface area contributed by atoms with Crippen LogP contribution in [0.15, 0.2) is 23.1 Å². The van der Waals surface area contributed by atoms with Crippen molar-refractivity contribution in [1.82, 2.24) is 9.21 Å². The molecule has 1 atom stereocenters. The molecule has 0 saturated carbocycles. The highest BCUT2D eigenvalue weighted by atomic mass is 32.2. The van der Waals surface area contributed by atoms with Gasteiger partial charge in [0.1, 0.15) is 0 Å². The molecule has 1 aromatic rings. The Kier molecular flexibility index (Phi) is 7.13. The van der Waals surface area contributed by atoms with E-state index in [0.29, 0.717) is 18.7 Å². The van der Waals surface area contributed by atoms with Gasteiger partial charge in [0.25, 0.3) is 5.91 Å². The van der Waals surface area contributed by atoms with Crippen molar-refractivity contribution in [3.8, 4) is 0 Å². The number of rotatable bonds is 8. The van der Waals surface area contributed by atoms with Crippen molar-refractivity contribution in [1.29, 1.82) is 0 Å². The Morgan fingerprint density at radius 2 is 1.76 bits per heavy atom. The van der Waals surface area contributed by atoms with Gasteiger partial charge in [-0.2, -0.15) is 4.31 Å². The van der Waals surface area contributed by atoms with Crippen molar-refractivity contribution < 1.29 is 23.1 Å². The highest BCUT2D eigenvalue weighted by molar-refractivity contribution is 7.89. The summed E-state index contributed by atoms with van der Waals surface area (Å²) in [5.74, 6) is -2.10. The number of sulfonamides is 1. The van der Waals surface area contributed by atoms with Gasteiger partial charge in [-0.25, -0.2) is 8.42 Å². The number of hydrogen-bond acceptors (Lipinski definition) is 4. The molecule has 140 valence electrons. The van der Waals surface area contributed by atoms with Crippen molar-refractivity contribution in [2.45, 2.75) is 32.6 Å². The summed E-state index contributed by atoms with van der Waals surface area (Å²) in [4.78, 5) is 25.0. The lowest BCUT2D eigenvalue weighted by Gasteiger charge is -2.22. The first-order chi connectivity index (χ1) is 11.6. The maximum atomic E-state index is 12.6. The summed E-state index contributed by atoms with van der Waals surface area (Å²) >= 11 is 0. The number of benzene rings is 1. The van der Waals surface area contributed by atoms with Crippen molar-refractivity contribution in [3.63, 3.8) is 0 Å². The fourth-order valence-corrected chi connectivity index (χ4v) is 3.97. The summed E-state index contributed by atoms with van der Waals surface area (Å²) in [7, 11) is -2.16. The summed E-state index contributed by atoms with van der Waals surface area (Å²) in [6.07, 6.45) is 0. The second kappa shape index (κ2) is 8.44. The number of aryl methyl sites for hydroxylation is 1. The molecule has 7 nitrogen and oxygen atoms in total. The fraction of sp³-hybridized carbons (Fsp3) is 0.529.